The number of hydrogen-bond acceptors (Lipinski definition) is 2. The van der Waals surface area contributed by atoms with Gasteiger partial charge in [0.15, 0.2) is 0 Å². The Morgan fingerprint density at radius 2 is 1.07 bits per heavy atom. The van der Waals surface area contributed by atoms with Crippen LogP contribution in [0.5, 0.6) is 0 Å². The Morgan fingerprint density at radius 1 is 0.545 bits per heavy atom. The molecule has 2 radical (unpaired) electrons. The van der Waals surface area contributed by atoms with Gasteiger partial charge in [-0.2, -0.15) is 0 Å². The third-order valence-electron chi connectivity index (χ3n) is 11.5. The number of rotatable bonds is 11. The molecule has 1 aliphatic rings. The lowest BCUT2D eigenvalue weighted by Crippen LogP contribution is -2.25. The molecule has 1 aliphatic heterocycles. The average Bonchev–Trinajstić information content (AvgIpc) is 3.24. The van der Waals surface area contributed by atoms with Gasteiger partial charge in [0.2, 0.25) is 0 Å². The maximum Gasteiger partial charge on any atom is 0.114 e. The van der Waals surface area contributed by atoms with E-state index in [2.05, 4.69) is 195 Å². The number of benzene rings is 7. The van der Waals surface area contributed by atoms with Gasteiger partial charge in [-0.05, 0) is 130 Å². The van der Waals surface area contributed by atoms with Crippen LogP contribution >= 0.6 is 0 Å². The molecule has 7 aromatic carbocycles. The second-order valence-electron chi connectivity index (χ2n) is 14.7. The van der Waals surface area contributed by atoms with Crippen LogP contribution in [0.4, 0.5) is 34.1 Å². The van der Waals surface area contributed by atoms with E-state index >= 15 is 0 Å². The molecule has 0 fully saturated rings. The number of anilines is 6. The molecule has 1 atom stereocenters. The van der Waals surface area contributed by atoms with E-state index in [4.69, 9.17) is 7.85 Å². The maximum atomic E-state index is 7.19. The van der Waals surface area contributed by atoms with E-state index in [-0.39, 0.29) is 5.92 Å². The predicted octanol–water partition coefficient (Wildman–Crippen LogP) is 12.8. The molecule has 0 spiro atoms. The minimum absolute atomic E-state index is 0.142. The zero-order valence-corrected chi connectivity index (χ0v) is 32.6. The quantitative estimate of drug-likeness (QED) is 0.0973. The fourth-order valence-corrected chi connectivity index (χ4v) is 8.39. The molecule has 8 rings (SSSR count). The normalized spacial score (nSPS) is 12.5. The van der Waals surface area contributed by atoms with Crippen molar-refractivity contribution in [2.45, 2.75) is 65.7 Å². The van der Waals surface area contributed by atoms with Crippen molar-refractivity contribution in [3.8, 4) is 0 Å². The van der Waals surface area contributed by atoms with Gasteiger partial charge in [-0.3, -0.25) is 0 Å². The summed E-state index contributed by atoms with van der Waals surface area (Å²) in [7, 11) is 7.19. The van der Waals surface area contributed by atoms with Crippen LogP contribution in [0, 0.1) is 0 Å². The molecule has 270 valence electrons. The molecule has 0 bridgehead atoms. The fourth-order valence-electron chi connectivity index (χ4n) is 8.39. The van der Waals surface area contributed by atoms with Crippen LogP contribution in [0.25, 0.3) is 0 Å². The van der Waals surface area contributed by atoms with Gasteiger partial charge in [-0.1, -0.05) is 136 Å². The van der Waals surface area contributed by atoms with Crippen LogP contribution in [0.3, 0.4) is 0 Å². The first-order valence-corrected chi connectivity index (χ1v) is 20.0. The second-order valence-corrected chi connectivity index (χ2v) is 14.7. The van der Waals surface area contributed by atoms with E-state index in [0.717, 1.165) is 60.2 Å². The summed E-state index contributed by atoms with van der Waals surface area (Å²) in [5.41, 5.74) is 19.4. The van der Waals surface area contributed by atoms with Crippen molar-refractivity contribution in [2.24, 2.45) is 0 Å². The highest BCUT2D eigenvalue weighted by atomic mass is 15.2. The van der Waals surface area contributed by atoms with Gasteiger partial charge in [-0.15, -0.1) is 0 Å². The molecule has 1 unspecified atom stereocenters. The minimum atomic E-state index is -0.142. The lowest BCUT2D eigenvalue weighted by Gasteiger charge is -2.39. The van der Waals surface area contributed by atoms with Crippen molar-refractivity contribution >= 4 is 47.4 Å². The van der Waals surface area contributed by atoms with E-state index in [1.54, 1.807) is 0 Å². The zero-order valence-electron chi connectivity index (χ0n) is 32.6. The Morgan fingerprint density at radius 3 is 1.65 bits per heavy atom. The van der Waals surface area contributed by atoms with Gasteiger partial charge in [-0.25, -0.2) is 0 Å². The van der Waals surface area contributed by atoms with Gasteiger partial charge in [0.1, 0.15) is 7.85 Å². The highest BCUT2D eigenvalue weighted by molar-refractivity contribution is 6.33. The Labute approximate surface area is 329 Å². The number of aryl methyl sites for hydroxylation is 4. The van der Waals surface area contributed by atoms with Crippen molar-refractivity contribution in [3.63, 3.8) is 0 Å². The summed E-state index contributed by atoms with van der Waals surface area (Å²) < 4.78 is 0. The SMILES string of the molecule is [B]c1cc(CC)ccc1C(c1ccc(CC)cc1)c1c(N(c2ccccc2)c2ccccc2)ccc2c1Cc1cc(CC)ccc1N2c1ccc(CC)cc1. The van der Waals surface area contributed by atoms with Crippen LogP contribution in [0.15, 0.2) is 158 Å². The van der Waals surface area contributed by atoms with E-state index in [9.17, 15) is 0 Å². The van der Waals surface area contributed by atoms with Gasteiger partial charge in [0.05, 0.1) is 11.4 Å². The topological polar surface area (TPSA) is 6.48 Å². The standard InChI is InChI=1S/C52H49BN2/c1-5-36-19-25-40(26-20-36)51(45-29-23-39(8-4)34-47(45)53)52-46-35-41-33-38(7-3)24-30-48(41)55(44-27-21-37(6-2)22-28-44)49(46)31-32-50(52)54(42-15-11-9-12-16-42)43-17-13-10-14-18-43/h9-34,51H,5-8,35H2,1-4H3. The van der Waals surface area contributed by atoms with Gasteiger partial charge in [0.25, 0.3) is 0 Å². The Hall–Kier alpha value is -5.80. The molecule has 7 aromatic rings. The highest BCUT2D eigenvalue weighted by Gasteiger charge is 2.34. The Kier molecular flexibility index (Phi) is 10.5. The first-order valence-electron chi connectivity index (χ1n) is 20.0. The molecule has 0 aromatic heterocycles. The molecule has 3 heteroatoms. The second kappa shape index (κ2) is 15.9. The average molecular weight is 713 g/mol. The molecule has 0 saturated carbocycles. The summed E-state index contributed by atoms with van der Waals surface area (Å²) in [6.45, 7) is 8.89. The van der Waals surface area contributed by atoms with E-state index in [1.165, 1.54) is 61.6 Å². The van der Waals surface area contributed by atoms with Crippen LogP contribution in [0.2, 0.25) is 0 Å². The third kappa shape index (κ3) is 7.01. The molecule has 0 aliphatic carbocycles. The van der Waals surface area contributed by atoms with Crippen molar-refractivity contribution < 1.29 is 0 Å². The molecular weight excluding hydrogens is 663 g/mol. The number of nitrogens with zero attached hydrogens (tertiary/aromatic N) is 2. The molecule has 0 N–H and O–H groups in total. The van der Waals surface area contributed by atoms with Gasteiger partial charge < -0.3 is 9.80 Å². The lowest BCUT2D eigenvalue weighted by atomic mass is 9.73. The molecular formula is C52H49BN2. The van der Waals surface area contributed by atoms with Gasteiger partial charge >= 0.3 is 0 Å². The van der Waals surface area contributed by atoms with Crippen LogP contribution in [0.1, 0.15) is 83.7 Å². The van der Waals surface area contributed by atoms with Crippen LogP contribution in [-0.4, -0.2) is 7.85 Å². The number of hydrogen-bond donors (Lipinski definition) is 0. The lowest BCUT2D eigenvalue weighted by molar-refractivity contribution is 0.930. The molecule has 0 amide bonds. The van der Waals surface area contributed by atoms with Crippen LogP contribution < -0.4 is 15.3 Å². The highest BCUT2D eigenvalue weighted by Crippen LogP contribution is 2.52. The Bertz CT molecular complexity index is 2360. The summed E-state index contributed by atoms with van der Waals surface area (Å²) in [5.74, 6) is -0.142. The van der Waals surface area contributed by atoms with Crippen molar-refractivity contribution in [1.82, 2.24) is 0 Å². The van der Waals surface area contributed by atoms with E-state index < -0.39 is 0 Å². The molecule has 2 nitrogen and oxygen atoms in total. The monoisotopic (exact) mass is 712 g/mol. The summed E-state index contributed by atoms with van der Waals surface area (Å²) in [5, 5.41) is 0. The molecule has 55 heavy (non-hydrogen) atoms. The third-order valence-corrected chi connectivity index (χ3v) is 11.5. The summed E-state index contributed by atoms with van der Waals surface area (Å²) in [4.78, 5) is 4.94. The van der Waals surface area contributed by atoms with E-state index in [0.29, 0.717) is 0 Å². The minimum Gasteiger partial charge on any atom is -0.310 e. The fraction of sp³-hybridized carbons (Fsp3) is 0.192. The molecule has 0 saturated heterocycles. The smallest absolute Gasteiger partial charge is 0.114 e. The van der Waals surface area contributed by atoms with Crippen molar-refractivity contribution in [1.29, 1.82) is 0 Å². The summed E-state index contributed by atoms with van der Waals surface area (Å²) in [6, 6.07) is 58.5. The first-order chi connectivity index (χ1) is 27.0. The van der Waals surface area contributed by atoms with Crippen molar-refractivity contribution in [2.75, 3.05) is 9.80 Å². The number of fused-ring (bicyclic) bond motifs is 2. The maximum absolute atomic E-state index is 7.19. The summed E-state index contributed by atoms with van der Waals surface area (Å²) >= 11 is 0. The first kappa shape index (κ1) is 36.2. The largest absolute Gasteiger partial charge is 0.310 e. The Balaban J connectivity index is 1.49. The van der Waals surface area contributed by atoms with E-state index in [1.807, 2.05) is 0 Å². The summed E-state index contributed by atoms with van der Waals surface area (Å²) in [6.07, 6.45) is 4.72. The number of para-hydroxylation sites is 2. The predicted molar refractivity (Wildman–Crippen MR) is 235 cm³/mol. The molecule has 1 heterocycles. The van der Waals surface area contributed by atoms with Crippen LogP contribution in [-0.2, 0) is 32.1 Å². The van der Waals surface area contributed by atoms with Gasteiger partial charge in [0, 0.05) is 35.1 Å². The zero-order chi connectivity index (χ0) is 37.9. The van der Waals surface area contributed by atoms with Crippen molar-refractivity contribution in [3.05, 3.63) is 208 Å².